The summed E-state index contributed by atoms with van der Waals surface area (Å²) in [5.41, 5.74) is 2.98. The lowest BCUT2D eigenvalue weighted by atomic mass is 9.70. The second-order valence-corrected chi connectivity index (χ2v) is 5.85. The summed E-state index contributed by atoms with van der Waals surface area (Å²) >= 11 is 0. The monoisotopic (exact) mass is 250 g/mol. The summed E-state index contributed by atoms with van der Waals surface area (Å²) in [5, 5.41) is 19.1. The van der Waals surface area contributed by atoms with Gasteiger partial charge in [0.2, 0.25) is 0 Å². The molecule has 2 aliphatic carbocycles. The van der Waals surface area contributed by atoms with Crippen molar-refractivity contribution in [1.82, 2.24) is 0 Å². The largest absolute Gasteiger partial charge is 0.478 e. The van der Waals surface area contributed by atoms with Crippen LogP contribution in [0.4, 0.5) is 0 Å². The van der Waals surface area contributed by atoms with Crippen LogP contribution in [-0.4, -0.2) is 22.3 Å². The maximum atomic E-state index is 10.9. The molecule has 0 amide bonds. The van der Waals surface area contributed by atoms with Crippen molar-refractivity contribution in [3.8, 4) is 0 Å². The Kier molecular flexibility index (Phi) is 3.62. The van der Waals surface area contributed by atoms with Gasteiger partial charge in [-0.25, -0.2) is 4.79 Å². The number of aliphatic hydroxyl groups is 1. The first-order valence-corrected chi connectivity index (χ1v) is 6.71. The van der Waals surface area contributed by atoms with Crippen molar-refractivity contribution in [1.29, 1.82) is 0 Å². The summed E-state index contributed by atoms with van der Waals surface area (Å²) in [6, 6.07) is 0. The van der Waals surface area contributed by atoms with E-state index >= 15 is 0 Å². The van der Waals surface area contributed by atoms with Crippen LogP contribution < -0.4 is 0 Å². The van der Waals surface area contributed by atoms with Crippen molar-refractivity contribution in [2.75, 3.05) is 0 Å². The van der Waals surface area contributed by atoms with Gasteiger partial charge in [-0.1, -0.05) is 24.1 Å². The fourth-order valence-corrected chi connectivity index (χ4v) is 3.62. The van der Waals surface area contributed by atoms with Gasteiger partial charge < -0.3 is 10.2 Å². The molecule has 1 fully saturated rings. The lowest BCUT2D eigenvalue weighted by molar-refractivity contribution is -0.132. The first-order valence-electron chi connectivity index (χ1n) is 6.71. The smallest absolute Gasteiger partial charge is 0.330 e. The Labute approximate surface area is 108 Å². The highest BCUT2D eigenvalue weighted by Gasteiger charge is 2.41. The number of aliphatic hydroxyl groups excluding tert-OH is 1. The number of carboxylic acid groups (broad SMARTS) is 1. The predicted octanol–water partition coefficient (Wildman–Crippen LogP) is 2.76. The quantitative estimate of drug-likeness (QED) is 0.585. The van der Waals surface area contributed by atoms with Gasteiger partial charge in [0.1, 0.15) is 0 Å². The highest BCUT2D eigenvalue weighted by Crippen LogP contribution is 2.48. The Morgan fingerprint density at radius 1 is 1.39 bits per heavy atom. The predicted molar refractivity (Wildman–Crippen MR) is 70.1 cm³/mol. The maximum absolute atomic E-state index is 10.9. The number of carboxylic acids is 1. The average Bonchev–Trinajstić information content (AvgIpc) is 2.59. The fourth-order valence-electron chi connectivity index (χ4n) is 3.62. The molecule has 2 aliphatic rings. The van der Waals surface area contributed by atoms with Gasteiger partial charge in [-0.05, 0) is 44.9 Å². The zero-order valence-corrected chi connectivity index (χ0v) is 11.3. The molecule has 0 aromatic carbocycles. The first kappa shape index (κ1) is 13.3. The minimum Gasteiger partial charge on any atom is -0.478 e. The molecule has 18 heavy (non-hydrogen) atoms. The molecule has 0 aliphatic heterocycles. The standard InChI is InChI=1S/C15H22O3/c1-8-4-5-11(6-10(3)15(17)18)13-9(2)7-12(16)14(8)13/h6,8,11-12,14,16H,4-5,7H2,1-3H3,(H,17,18)/b10-6+/t8-,11+,12+,14-/m1/s1. The number of aliphatic carboxylic acids is 1. The topological polar surface area (TPSA) is 57.5 Å². The zero-order valence-electron chi connectivity index (χ0n) is 11.3. The van der Waals surface area contributed by atoms with E-state index in [1.807, 2.05) is 6.08 Å². The number of allylic oxidation sites excluding steroid dienone is 1. The number of fused-ring (bicyclic) bond motifs is 1. The average molecular weight is 250 g/mol. The van der Waals surface area contributed by atoms with Crippen molar-refractivity contribution < 1.29 is 15.0 Å². The van der Waals surface area contributed by atoms with Gasteiger partial charge >= 0.3 is 5.97 Å². The molecule has 0 radical (unpaired) electrons. The van der Waals surface area contributed by atoms with Crippen molar-refractivity contribution in [3.05, 3.63) is 22.8 Å². The van der Waals surface area contributed by atoms with E-state index in [-0.39, 0.29) is 17.9 Å². The van der Waals surface area contributed by atoms with E-state index in [0.29, 0.717) is 11.5 Å². The second kappa shape index (κ2) is 4.88. The lowest BCUT2D eigenvalue weighted by Crippen LogP contribution is -2.30. The summed E-state index contributed by atoms with van der Waals surface area (Å²) in [7, 11) is 0. The second-order valence-electron chi connectivity index (χ2n) is 5.85. The Hall–Kier alpha value is -1.09. The molecule has 0 saturated heterocycles. The minimum atomic E-state index is -0.845. The Morgan fingerprint density at radius 3 is 2.67 bits per heavy atom. The van der Waals surface area contributed by atoms with E-state index in [4.69, 9.17) is 5.11 Å². The van der Waals surface area contributed by atoms with Gasteiger partial charge in [0, 0.05) is 11.5 Å². The summed E-state index contributed by atoms with van der Waals surface area (Å²) in [4.78, 5) is 10.9. The van der Waals surface area contributed by atoms with Crippen LogP contribution in [0.25, 0.3) is 0 Å². The van der Waals surface area contributed by atoms with Crippen LogP contribution in [0, 0.1) is 17.8 Å². The molecule has 0 aromatic rings. The van der Waals surface area contributed by atoms with Gasteiger partial charge in [0.05, 0.1) is 6.10 Å². The van der Waals surface area contributed by atoms with Crippen molar-refractivity contribution in [2.45, 2.75) is 46.1 Å². The molecule has 0 bridgehead atoms. The van der Waals surface area contributed by atoms with Gasteiger partial charge in [0.15, 0.2) is 0 Å². The third-order valence-electron chi connectivity index (χ3n) is 4.52. The zero-order chi connectivity index (χ0) is 13.4. The van der Waals surface area contributed by atoms with Crippen molar-refractivity contribution in [3.63, 3.8) is 0 Å². The van der Waals surface area contributed by atoms with Gasteiger partial charge in [0.25, 0.3) is 0 Å². The van der Waals surface area contributed by atoms with Crippen LogP contribution in [-0.2, 0) is 4.79 Å². The first-order chi connectivity index (χ1) is 8.41. The summed E-state index contributed by atoms with van der Waals surface area (Å²) in [6.07, 6.45) is 4.42. The molecular formula is C15H22O3. The molecule has 0 unspecified atom stereocenters. The lowest BCUT2D eigenvalue weighted by Gasteiger charge is -2.35. The fraction of sp³-hybridized carbons (Fsp3) is 0.667. The number of rotatable bonds is 2. The van der Waals surface area contributed by atoms with Crippen molar-refractivity contribution >= 4 is 5.97 Å². The minimum absolute atomic E-state index is 0.208. The van der Waals surface area contributed by atoms with Crippen LogP contribution >= 0.6 is 0 Å². The van der Waals surface area contributed by atoms with Gasteiger partial charge in [-0.3, -0.25) is 0 Å². The summed E-state index contributed by atoms with van der Waals surface area (Å²) in [5.74, 6) is 0.102. The molecule has 2 N–H and O–H groups in total. The molecule has 100 valence electrons. The Balaban J connectivity index is 2.31. The van der Waals surface area contributed by atoms with E-state index < -0.39 is 5.97 Å². The van der Waals surface area contributed by atoms with Gasteiger partial charge in [-0.15, -0.1) is 0 Å². The summed E-state index contributed by atoms with van der Waals surface area (Å²) < 4.78 is 0. The van der Waals surface area contributed by atoms with Crippen LogP contribution in [0.3, 0.4) is 0 Å². The molecular weight excluding hydrogens is 228 g/mol. The van der Waals surface area contributed by atoms with Crippen molar-refractivity contribution in [2.24, 2.45) is 17.8 Å². The van der Waals surface area contributed by atoms with E-state index in [1.165, 1.54) is 11.1 Å². The van der Waals surface area contributed by atoms with Crippen LogP contribution in [0.2, 0.25) is 0 Å². The van der Waals surface area contributed by atoms with Crippen LogP contribution in [0.15, 0.2) is 22.8 Å². The SMILES string of the molecule is CC1=C2[C@H]([C@H](C)CC[C@H]2/C=C(\C)C(=O)O)[C@@H](O)C1. The third-order valence-corrected chi connectivity index (χ3v) is 4.52. The number of carbonyl (C=O) groups is 1. The Morgan fingerprint density at radius 2 is 2.06 bits per heavy atom. The molecule has 1 saturated carbocycles. The third kappa shape index (κ3) is 2.24. The number of hydrogen-bond donors (Lipinski definition) is 2. The molecule has 0 spiro atoms. The van der Waals surface area contributed by atoms with E-state index in [9.17, 15) is 9.90 Å². The molecule has 0 aromatic heterocycles. The van der Waals surface area contributed by atoms with Gasteiger partial charge in [-0.2, -0.15) is 0 Å². The molecule has 0 heterocycles. The molecule has 4 atom stereocenters. The van der Waals surface area contributed by atoms with E-state index in [1.54, 1.807) is 6.92 Å². The molecule has 2 rings (SSSR count). The van der Waals surface area contributed by atoms with Crippen LogP contribution in [0.1, 0.15) is 40.0 Å². The normalized spacial score (nSPS) is 36.8. The highest BCUT2D eigenvalue weighted by molar-refractivity contribution is 5.85. The number of hydrogen-bond acceptors (Lipinski definition) is 2. The summed E-state index contributed by atoms with van der Waals surface area (Å²) in [6.45, 7) is 5.92. The molecule has 3 heteroatoms. The van der Waals surface area contributed by atoms with E-state index in [2.05, 4.69) is 13.8 Å². The highest BCUT2D eigenvalue weighted by atomic mass is 16.4. The van der Waals surface area contributed by atoms with Crippen LogP contribution in [0.5, 0.6) is 0 Å². The Bertz CT molecular complexity index is 419. The maximum Gasteiger partial charge on any atom is 0.330 e. The van der Waals surface area contributed by atoms with E-state index in [0.717, 1.165) is 19.3 Å². The molecule has 3 nitrogen and oxygen atoms in total.